The smallest absolute Gasteiger partial charge is 0.275 e. The molecule has 26 heavy (non-hydrogen) atoms. The van der Waals surface area contributed by atoms with Crippen LogP contribution in [-0.2, 0) is 6.54 Å². The lowest BCUT2D eigenvalue weighted by Gasteiger charge is -2.33. The van der Waals surface area contributed by atoms with Crippen LogP contribution in [0.2, 0.25) is 0 Å². The van der Waals surface area contributed by atoms with E-state index in [0.29, 0.717) is 17.5 Å². The summed E-state index contributed by atoms with van der Waals surface area (Å²) in [7, 11) is 1.89. The van der Waals surface area contributed by atoms with E-state index in [0.717, 1.165) is 57.6 Å². The number of oxazole rings is 1. The van der Waals surface area contributed by atoms with Crippen molar-refractivity contribution in [1.82, 2.24) is 14.8 Å². The van der Waals surface area contributed by atoms with Crippen LogP contribution in [0, 0.1) is 5.92 Å². The van der Waals surface area contributed by atoms with E-state index in [1.807, 2.05) is 11.9 Å². The van der Waals surface area contributed by atoms with Crippen molar-refractivity contribution in [3.05, 3.63) is 53.7 Å². The van der Waals surface area contributed by atoms with Gasteiger partial charge in [0.05, 0.1) is 0 Å². The monoisotopic (exact) mass is 353 g/mol. The van der Waals surface area contributed by atoms with Crippen molar-refractivity contribution in [3.63, 3.8) is 0 Å². The Morgan fingerprint density at radius 2 is 1.92 bits per heavy atom. The van der Waals surface area contributed by atoms with Gasteiger partial charge in [-0.05, 0) is 50.3 Å². The van der Waals surface area contributed by atoms with Gasteiger partial charge in [0.1, 0.15) is 5.76 Å². The molecule has 2 heterocycles. The summed E-state index contributed by atoms with van der Waals surface area (Å²) in [4.78, 5) is 21.3. The van der Waals surface area contributed by atoms with E-state index in [-0.39, 0.29) is 5.91 Å². The molecule has 4 rings (SSSR count). The Labute approximate surface area is 155 Å². The van der Waals surface area contributed by atoms with E-state index in [2.05, 4.69) is 40.2 Å². The lowest BCUT2D eigenvalue weighted by molar-refractivity contribution is 0.0730. The number of benzene rings is 1. The largest absolute Gasteiger partial charge is 0.447 e. The Hall–Kier alpha value is -2.14. The zero-order valence-corrected chi connectivity index (χ0v) is 15.4. The summed E-state index contributed by atoms with van der Waals surface area (Å²) in [5.74, 6) is 1.77. The second kappa shape index (κ2) is 7.62. The maximum absolute atomic E-state index is 12.7. The third-order valence-electron chi connectivity index (χ3n) is 5.58. The van der Waals surface area contributed by atoms with Gasteiger partial charge in [0.2, 0.25) is 0 Å². The van der Waals surface area contributed by atoms with Gasteiger partial charge in [-0.2, -0.15) is 0 Å². The zero-order chi connectivity index (χ0) is 17.9. The molecule has 0 bridgehead atoms. The molecule has 1 aliphatic carbocycles. The molecule has 0 radical (unpaired) electrons. The number of hydrogen-bond acceptors (Lipinski definition) is 4. The van der Waals surface area contributed by atoms with Gasteiger partial charge < -0.3 is 9.32 Å². The minimum Gasteiger partial charge on any atom is -0.447 e. The first-order chi connectivity index (χ1) is 12.7. The summed E-state index contributed by atoms with van der Waals surface area (Å²) in [6, 6.07) is 10.6. The Kier molecular flexibility index (Phi) is 5.07. The van der Waals surface area contributed by atoms with Crippen molar-refractivity contribution >= 4 is 5.91 Å². The summed E-state index contributed by atoms with van der Waals surface area (Å²) in [6.07, 6.45) is 5.91. The standard InChI is InChI=1S/C21H27N3O2/c1-23(21(25)19-20(18-7-8-18)26-15-22-19)13-17-9-11-24(12-10-17)14-16-5-3-2-4-6-16/h2-6,15,17-18H,7-14H2,1H3. The maximum atomic E-state index is 12.7. The fourth-order valence-corrected chi connectivity index (χ4v) is 3.87. The molecule has 0 spiro atoms. The number of piperidine rings is 1. The zero-order valence-electron chi connectivity index (χ0n) is 15.4. The first kappa shape index (κ1) is 17.3. The molecule has 2 aliphatic rings. The highest BCUT2D eigenvalue weighted by Gasteiger charge is 2.33. The number of nitrogens with zero attached hydrogens (tertiary/aromatic N) is 3. The Bertz CT molecular complexity index is 731. The maximum Gasteiger partial charge on any atom is 0.275 e. The number of carbonyl (C=O) groups excluding carboxylic acids is 1. The first-order valence-electron chi connectivity index (χ1n) is 9.66. The second-order valence-electron chi connectivity index (χ2n) is 7.73. The van der Waals surface area contributed by atoms with E-state index in [1.54, 1.807) is 0 Å². The number of carbonyl (C=O) groups is 1. The minimum atomic E-state index is 0.00682. The molecule has 5 nitrogen and oxygen atoms in total. The third-order valence-corrected chi connectivity index (χ3v) is 5.58. The number of hydrogen-bond donors (Lipinski definition) is 0. The van der Waals surface area contributed by atoms with Crippen LogP contribution in [0.3, 0.4) is 0 Å². The topological polar surface area (TPSA) is 49.6 Å². The highest BCUT2D eigenvalue weighted by Crippen LogP contribution is 2.41. The summed E-state index contributed by atoms with van der Waals surface area (Å²) in [5.41, 5.74) is 1.90. The molecule has 0 atom stereocenters. The van der Waals surface area contributed by atoms with Crippen molar-refractivity contribution < 1.29 is 9.21 Å². The van der Waals surface area contributed by atoms with Gasteiger partial charge in [-0.25, -0.2) is 4.98 Å². The molecule has 1 saturated carbocycles. The minimum absolute atomic E-state index is 0.00682. The van der Waals surface area contributed by atoms with Crippen molar-refractivity contribution in [2.75, 3.05) is 26.7 Å². The van der Waals surface area contributed by atoms with E-state index in [9.17, 15) is 4.79 Å². The summed E-state index contributed by atoms with van der Waals surface area (Å²) in [6.45, 7) is 4.01. The molecule has 0 N–H and O–H groups in total. The summed E-state index contributed by atoms with van der Waals surface area (Å²) in [5, 5.41) is 0. The molecule has 1 saturated heterocycles. The molecule has 138 valence electrons. The van der Waals surface area contributed by atoms with Crippen LogP contribution < -0.4 is 0 Å². The summed E-state index contributed by atoms with van der Waals surface area (Å²) < 4.78 is 5.46. The number of aromatic nitrogens is 1. The second-order valence-corrected chi connectivity index (χ2v) is 7.73. The van der Waals surface area contributed by atoms with Crippen LogP contribution in [0.4, 0.5) is 0 Å². The van der Waals surface area contributed by atoms with Crippen molar-refractivity contribution in [1.29, 1.82) is 0 Å². The van der Waals surface area contributed by atoms with Gasteiger partial charge in [-0.15, -0.1) is 0 Å². The quantitative estimate of drug-likeness (QED) is 0.797. The van der Waals surface area contributed by atoms with Gasteiger partial charge in [0.25, 0.3) is 5.91 Å². The molecule has 1 aliphatic heterocycles. The molecule has 1 aromatic carbocycles. The molecule has 5 heteroatoms. The van der Waals surface area contributed by atoms with Crippen LogP contribution in [0.25, 0.3) is 0 Å². The van der Waals surface area contributed by atoms with E-state index in [4.69, 9.17) is 4.42 Å². The predicted molar refractivity (Wildman–Crippen MR) is 99.9 cm³/mol. The van der Waals surface area contributed by atoms with Gasteiger partial charge in [-0.3, -0.25) is 9.69 Å². The molecular formula is C21H27N3O2. The molecular weight excluding hydrogens is 326 g/mol. The molecule has 0 unspecified atom stereocenters. The predicted octanol–water partition coefficient (Wildman–Crippen LogP) is 3.54. The fraction of sp³-hybridized carbons (Fsp3) is 0.524. The van der Waals surface area contributed by atoms with Crippen LogP contribution in [0.1, 0.15) is 53.4 Å². The first-order valence-corrected chi connectivity index (χ1v) is 9.66. The summed E-state index contributed by atoms with van der Waals surface area (Å²) >= 11 is 0. The highest BCUT2D eigenvalue weighted by atomic mass is 16.3. The average molecular weight is 353 g/mol. The van der Waals surface area contributed by atoms with Crippen molar-refractivity contribution in [3.8, 4) is 0 Å². The lowest BCUT2D eigenvalue weighted by Crippen LogP contribution is -2.39. The molecule has 2 fully saturated rings. The van der Waals surface area contributed by atoms with E-state index in [1.165, 1.54) is 12.0 Å². The van der Waals surface area contributed by atoms with Crippen LogP contribution in [0.15, 0.2) is 41.1 Å². The fourth-order valence-electron chi connectivity index (χ4n) is 3.87. The Morgan fingerprint density at radius 1 is 1.19 bits per heavy atom. The molecule has 2 aromatic rings. The van der Waals surface area contributed by atoms with Crippen LogP contribution in [0.5, 0.6) is 0 Å². The van der Waals surface area contributed by atoms with Gasteiger partial charge in [0, 0.05) is 26.1 Å². The van der Waals surface area contributed by atoms with Crippen LogP contribution >= 0.6 is 0 Å². The highest BCUT2D eigenvalue weighted by molar-refractivity contribution is 5.93. The van der Waals surface area contributed by atoms with Gasteiger partial charge >= 0.3 is 0 Å². The Morgan fingerprint density at radius 3 is 2.62 bits per heavy atom. The normalized spacial score (nSPS) is 18.8. The van der Waals surface area contributed by atoms with Crippen LogP contribution in [-0.4, -0.2) is 47.4 Å². The Balaban J connectivity index is 1.27. The number of rotatable bonds is 6. The number of amides is 1. The van der Waals surface area contributed by atoms with Gasteiger partial charge in [0.15, 0.2) is 12.1 Å². The van der Waals surface area contributed by atoms with Crippen molar-refractivity contribution in [2.45, 2.75) is 38.1 Å². The SMILES string of the molecule is CN(CC1CCN(Cc2ccccc2)CC1)C(=O)c1ncoc1C1CC1. The van der Waals surface area contributed by atoms with Crippen molar-refractivity contribution in [2.24, 2.45) is 5.92 Å². The molecule has 1 aromatic heterocycles. The average Bonchev–Trinajstić information content (AvgIpc) is 3.40. The van der Waals surface area contributed by atoms with Gasteiger partial charge in [-0.1, -0.05) is 30.3 Å². The lowest BCUT2D eigenvalue weighted by atomic mass is 9.95. The van der Waals surface area contributed by atoms with E-state index >= 15 is 0 Å². The third kappa shape index (κ3) is 3.98. The van der Waals surface area contributed by atoms with E-state index < -0.39 is 0 Å². The number of likely N-dealkylation sites (tertiary alicyclic amines) is 1. The molecule has 1 amide bonds.